The van der Waals surface area contributed by atoms with Gasteiger partial charge in [-0.05, 0) is 19.3 Å². The van der Waals surface area contributed by atoms with Gasteiger partial charge in [-0.2, -0.15) is 0 Å². The number of hydrogen-bond donors (Lipinski definition) is 3. The van der Waals surface area contributed by atoms with Crippen molar-refractivity contribution < 1.29 is 24.6 Å². The molecular formula is C14H22N2O5. The molecule has 0 aromatic carbocycles. The van der Waals surface area contributed by atoms with E-state index in [0.717, 1.165) is 19.3 Å². The molecule has 2 unspecified atom stereocenters. The van der Waals surface area contributed by atoms with Gasteiger partial charge in [-0.15, -0.1) is 0 Å². The third-order valence-corrected chi connectivity index (χ3v) is 4.71. The van der Waals surface area contributed by atoms with Gasteiger partial charge in [-0.1, -0.05) is 19.3 Å². The maximum Gasteiger partial charge on any atom is 0.309 e. The van der Waals surface area contributed by atoms with Gasteiger partial charge in [-0.3, -0.25) is 14.4 Å². The molecule has 0 bridgehead atoms. The number of nitrogens with two attached hydrogens (primary N) is 1. The molecule has 4 N–H and O–H groups in total. The molecule has 0 radical (unpaired) electrons. The Morgan fingerprint density at radius 3 is 2.10 bits per heavy atom. The minimum atomic E-state index is -1.17. The maximum atomic E-state index is 12.6. The molecule has 1 saturated carbocycles. The van der Waals surface area contributed by atoms with Crippen LogP contribution in [0.1, 0.15) is 38.5 Å². The molecule has 2 atom stereocenters. The van der Waals surface area contributed by atoms with Crippen molar-refractivity contribution in [3.63, 3.8) is 0 Å². The van der Waals surface area contributed by atoms with Gasteiger partial charge >= 0.3 is 11.9 Å². The van der Waals surface area contributed by atoms with Crippen LogP contribution >= 0.6 is 0 Å². The zero-order chi connectivity index (χ0) is 15.6. The number of hydrogen-bond acceptors (Lipinski definition) is 4. The first kappa shape index (κ1) is 15.8. The second-order valence-electron chi connectivity index (χ2n) is 6.15. The summed E-state index contributed by atoms with van der Waals surface area (Å²) in [5, 5.41) is 18.3. The maximum absolute atomic E-state index is 12.6. The predicted molar refractivity (Wildman–Crippen MR) is 73.5 cm³/mol. The van der Waals surface area contributed by atoms with Crippen molar-refractivity contribution in [1.82, 2.24) is 4.90 Å². The average molecular weight is 298 g/mol. The molecule has 1 heterocycles. The molecule has 7 nitrogen and oxygen atoms in total. The van der Waals surface area contributed by atoms with Crippen molar-refractivity contribution in [2.75, 3.05) is 13.1 Å². The average Bonchev–Trinajstić information content (AvgIpc) is 2.46. The van der Waals surface area contributed by atoms with Crippen molar-refractivity contribution in [3.8, 4) is 0 Å². The van der Waals surface area contributed by atoms with Crippen LogP contribution in [0.4, 0.5) is 0 Å². The quantitative estimate of drug-likeness (QED) is 0.688. The van der Waals surface area contributed by atoms with Crippen LogP contribution in [0.25, 0.3) is 0 Å². The fraction of sp³-hybridized carbons (Fsp3) is 0.786. The number of carbonyl (C=O) groups is 3. The lowest BCUT2D eigenvalue weighted by molar-refractivity contribution is -0.160. The fourth-order valence-corrected chi connectivity index (χ4v) is 3.39. The van der Waals surface area contributed by atoms with Gasteiger partial charge in [-0.25, -0.2) is 0 Å². The van der Waals surface area contributed by atoms with Crippen molar-refractivity contribution in [1.29, 1.82) is 0 Å². The second-order valence-corrected chi connectivity index (χ2v) is 6.15. The highest BCUT2D eigenvalue weighted by Crippen LogP contribution is 2.31. The molecule has 1 amide bonds. The van der Waals surface area contributed by atoms with Gasteiger partial charge in [0.2, 0.25) is 5.91 Å². The number of amides is 1. The summed E-state index contributed by atoms with van der Waals surface area (Å²) in [7, 11) is 0. The van der Waals surface area contributed by atoms with E-state index in [1.54, 1.807) is 0 Å². The van der Waals surface area contributed by atoms with E-state index in [1.807, 2.05) is 0 Å². The minimum absolute atomic E-state index is 0.0654. The molecule has 1 aliphatic carbocycles. The summed E-state index contributed by atoms with van der Waals surface area (Å²) in [4.78, 5) is 36.4. The van der Waals surface area contributed by atoms with Gasteiger partial charge in [0.25, 0.3) is 0 Å². The number of carbonyl (C=O) groups excluding carboxylic acids is 1. The molecule has 118 valence electrons. The molecule has 0 aromatic rings. The number of rotatable bonds is 3. The Kier molecular flexibility index (Phi) is 4.51. The molecule has 21 heavy (non-hydrogen) atoms. The number of likely N-dealkylation sites (tertiary alicyclic amines) is 1. The first-order valence-corrected chi connectivity index (χ1v) is 7.39. The lowest BCUT2D eigenvalue weighted by Crippen LogP contribution is -2.59. The Hall–Kier alpha value is -1.63. The molecular weight excluding hydrogens is 276 g/mol. The van der Waals surface area contributed by atoms with E-state index in [4.69, 9.17) is 10.8 Å². The third-order valence-electron chi connectivity index (χ3n) is 4.71. The van der Waals surface area contributed by atoms with Crippen LogP contribution in [0.3, 0.4) is 0 Å². The Labute approximate surface area is 123 Å². The van der Waals surface area contributed by atoms with Gasteiger partial charge < -0.3 is 20.8 Å². The zero-order valence-electron chi connectivity index (χ0n) is 12.0. The smallest absolute Gasteiger partial charge is 0.309 e. The van der Waals surface area contributed by atoms with E-state index in [1.165, 1.54) is 4.90 Å². The summed E-state index contributed by atoms with van der Waals surface area (Å²) < 4.78 is 0. The van der Waals surface area contributed by atoms with Crippen LogP contribution in [-0.4, -0.2) is 51.6 Å². The zero-order valence-corrected chi connectivity index (χ0v) is 12.0. The summed E-state index contributed by atoms with van der Waals surface area (Å²) in [5.74, 6) is -4.51. The van der Waals surface area contributed by atoms with Crippen LogP contribution in [0, 0.1) is 11.8 Å². The highest BCUT2D eigenvalue weighted by molar-refractivity contribution is 5.88. The minimum Gasteiger partial charge on any atom is -0.481 e. The van der Waals surface area contributed by atoms with E-state index in [2.05, 4.69) is 0 Å². The highest BCUT2D eigenvalue weighted by atomic mass is 16.4. The molecule has 1 saturated heterocycles. The summed E-state index contributed by atoms with van der Waals surface area (Å²) in [6.07, 6.45) is 4.25. The molecule has 2 rings (SSSR count). The fourth-order valence-electron chi connectivity index (χ4n) is 3.39. The Morgan fingerprint density at radius 1 is 1.00 bits per heavy atom. The van der Waals surface area contributed by atoms with E-state index in [0.29, 0.717) is 12.8 Å². The van der Waals surface area contributed by atoms with Crippen LogP contribution in [0.15, 0.2) is 0 Å². The van der Waals surface area contributed by atoms with Crippen molar-refractivity contribution >= 4 is 17.8 Å². The summed E-state index contributed by atoms with van der Waals surface area (Å²) in [6.45, 7) is 0.197. The summed E-state index contributed by atoms with van der Waals surface area (Å²) in [6, 6.07) is 0. The standard InChI is InChI=1S/C14H22N2O5/c15-14(5-2-1-3-6-14)13(21)16-7-4-9(11(17)18)10(8-16)12(19)20/h9-10H,1-8,15H2,(H,17,18)(H,19,20). The van der Waals surface area contributed by atoms with E-state index >= 15 is 0 Å². The van der Waals surface area contributed by atoms with Crippen molar-refractivity contribution in [2.24, 2.45) is 17.6 Å². The van der Waals surface area contributed by atoms with Crippen LogP contribution in [-0.2, 0) is 14.4 Å². The van der Waals surface area contributed by atoms with Crippen LogP contribution in [0.2, 0.25) is 0 Å². The second kappa shape index (κ2) is 6.01. The molecule has 1 aliphatic heterocycles. The lowest BCUT2D eigenvalue weighted by atomic mass is 9.79. The molecule has 2 aliphatic rings. The molecule has 0 aromatic heterocycles. The summed E-state index contributed by atoms with van der Waals surface area (Å²) in [5.41, 5.74) is 5.29. The Morgan fingerprint density at radius 2 is 1.57 bits per heavy atom. The third kappa shape index (κ3) is 3.18. The number of piperidine rings is 1. The van der Waals surface area contributed by atoms with E-state index in [9.17, 15) is 19.5 Å². The SMILES string of the molecule is NC1(C(=O)N2CCC(C(=O)O)C(C(=O)O)C2)CCCCC1. The number of carboxylic acids is 2. The van der Waals surface area contributed by atoms with Crippen molar-refractivity contribution in [3.05, 3.63) is 0 Å². The van der Waals surface area contributed by atoms with E-state index < -0.39 is 29.3 Å². The topological polar surface area (TPSA) is 121 Å². The van der Waals surface area contributed by atoms with E-state index in [-0.39, 0.29) is 25.4 Å². The molecule has 7 heteroatoms. The first-order valence-electron chi connectivity index (χ1n) is 7.39. The van der Waals surface area contributed by atoms with Gasteiger partial charge in [0.05, 0.1) is 17.4 Å². The summed E-state index contributed by atoms with van der Waals surface area (Å²) >= 11 is 0. The Bertz CT molecular complexity index is 445. The first-order chi connectivity index (χ1) is 9.85. The van der Waals surface area contributed by atoms with Crippen LogP contribution in [0.5, 0.6) is 0 Å². The number of carboxylic acid groups (broad SMARTS) is 2. The highest BCUT2D eigenvalue weighted by Gasteiger charge is 2.44. The van der Waals surface area contributed by atoms with Crippen LogP contribution < -0.4 is 5.73 Å². The Balaban J connectivity index is 2.09. The van der Waals surface area contributed by atoms with Gasteiger partial charge in [0.1, 0.15) is 0 Å². The predicted octanol–water partition coefficient (Wildman–Crippen LogP) is 0.282. The molecule has 0 spiro atoms. The number of aliphatic carboxylic acids is 2. The largest absolute Gasteiger partial charge is 0.481 e. The monoisotopic (exact) mass is 298 g/mol. The number of nitrogens with zero attached hydrogens (tertiary/aromatic N) is 1. The molecule has 2 fully saturated rings. The van der Waals surface area contributed by atoms with Crippen molar-refractivity contribution in [2.45, 2.75) is 44.1 Å². The normalized spacial score (nSPS) is 28.9. The van der Waals surface area contributed by atoms with Gasteiger partial charge in [0.15, 0.2) is 0 Å². The van der Waals surface area contributed by atoms with Gasteiger partial charge in [0, 0.05) is 13.1 Å². The lowest BCUT2D eigenvalue weighted by Gasteiger charge is -2.41.